The van der Waals surface area contributed by atoms with E-state index in [9.17, 15) is 4.79 Å². The van der Waals surface area contributed by atoms with Crippen LogP contribution in [0.3, 0.4) is 0 Å². The van der Waals surface area contributed by atoms with Crippen molar-refractivity contribution < 1.29 is 14.4 Å². The van der Waals surface area contributed by atoms with E-state index in [1.165, 1.54) is 12.3 Å². The summed E-state index contributed by atoms with van der Waals surface area (Å²) in [7, 11) is 0. The van der Waals surface area contributed by atoms with Gasteiger partial charge in [-0.25, -0.2) is 9.78 Å². The zero-order chi connectivity index (χ0) is 13.8. The molecule has 0 saturated heterocycles. The first-order valence-corrected chi connectivity index (χ1v) is 5.58. The Bertz CT molecular complexity index is 596. The predicted octanol–water partition coefficient (Wildman–Crippen LogP) is 0.708. The Labute approximate surface area is 108 Å². The second-order valence-electron chi connectivity index (χ2n) is 3.88. The Morgan fingerprint density at radius 1 is 1.58 bits per heavy atom. The largest absolute Gasteiger partial charge is 0.478 e. The summed E-state index contributed by atoms with van der Waals surface area (Å²) in [4.78, 5) is 19.0. The Morgan fingerprint density at radius 3 is 3.00 bits per heavy atom. The van der Waals surface area contributed by atoms with E-state index < -0.39 is 5.97 Å². The van der Waals surface area contributed by atoms with Gasteiger partial charge >= 0.3 is 5.97 Å². The number of aromatic nitrogens is 3. The number of nitrogen functional groups attached to an aromatic ring is 1. The maximum absolute atomic E-state index is 11.0. The standard InChI is InChI=1S/C11H13N5O3/c1-6-15-9(16-19-6)2-3-13-10-8(11(17)18)4-7(12)5-14-10/h4-5H,2-3,12H2,1H3,(H,13,14)(H,17,18). The van der Waals surface area contributed by atoms with Gasteiger partial charge in [-0.05, 0) is 6.07 Å². The maximum Gasteiger partial charge on any atom is 0.339 e. The van der Waals surface area contributed by atoms with Crippen LogP contribution in [0.1, 0.15) is 22.1 Å². The van der Waals surface area contributed by atoms with E-state index in [1.807, 2.05) is 0 Å². The van der Waals surface area contributed by atoms with Gasteiger partial charge in [-0.2, -0.15) is 4.98 Å². The number of aromatic carboxylic acids is 1. The molecule has 8 heteroatoms. The molecule has 0 aromatic carbocycles. The number of nitrogens with zero attached hydrogens (tertiary/aromatic N) is 3. The van der Waals surface area contributed by atoms with Crippen LogP contribution in [0.5, 0.6) is 0 Å². The Morgan fingerprint density at radius 2 is 2.37 bits per heavy atom. The summed E-state index contributed by atoms with van der Waals surface area (Å²) in [6, 6.07) is 1.36. The molecule has 0 aliphatic heterocycles. The second-order valence-corrected chi connectivity index (χ2v) is 3.88. The van der Waals surface area contributed by atoms with Crippen molar-refractivity contribution in [3.8, 4) is 0 Å². The molecular formula is C11H13N5O3. The second kappa shape index (κ2) is 5.34. The third-order valence-electron chi connectivity index (χ3n) is 2.35. The SMILES string of the molecule is Cc1nc(CCNc2ncc(N)cc2C(=O)O)no1. The normalized spacial score (nSPS) is 10.4. The number of aryl methyl sites for hydroxylation is 1. The summed E-state index contributed by atoms with van der Waals surface area (Å²) in [6.07, 6.45) is 1.90. The van der Waals surface area contributed by atoms with Crippen LogP contribution in [0.2, 0.25) is 0 Å². The maximum atomic E-state index is 11.0. The Kier molecular flexibility index (Phi) is 3.60. The van der Waals surface area contributed by atoms with Crippen molar-refractivity contribution in [3.63, 3.8) is 0 Å². The highest BCUT2D eigenvalue weighted by atomic mass is 16.5. The molecule has 0 saturated carbocycles. The molecule has 0 spiro atoms. The van der Waals surface area contributed by atoms with E-state index >= 15 is 0 Å². The summed E-state index contributed by atoms with van der Waals surface area (Å²) in [5.41, 5.74) is 5.84. The first kappa shape index (κ1) is 12.8. The number of anilines is 2. The average Bonchev–Trinajstić information content (AvgIpc) is 2.77. The van der Waals surface area contributed by atoms with Gasteiger partial charge in [0.15, 0.2) is 5.82 Å². The number of hydrogen-bond donors (Lipinski definition) is 3. The average molecular weight is 263 g/mol. The summed E-state index contributed by atoms with van der Waals surface area (Å²) < 4.78 is 4.83. The predicted molar refractivity (Wildman–Crippen MR) is 66.8 cm³/mol. The van der Waals surface area contributed by atoms with Gasteiger partial charge in [-0.1, -0.05) is 5.16 Å². The fourth-order valence-corrected chi connectivity index (χ4v) is 1.52. The van der Waals surface area contributed by atoms with Crippen LogP contribution in [0.15, 0.2) is 16.8 Å². The summed E-state index contributed by atoms with van der Waals surface area (Å²) in [5, 5.41) is 15.7. The lowest BCUT2D eigenvalue weighted by molar-refractivity contribution is 0.0697. The van der Waals surface area contributed by atoms with Crippen LogP contribution in [0.4, 0.5) is 11.5 Å². The minimum atomic E-state index is -1.09. The molecule has 2 rings (SSSR count). The van der Waals surface area contributed by atoms with Crippen molar-refractivity contribution in [1.29, 1.82) is 0 Å². The summed E-state index contributed by atoms with van der Waals surface area (Å²) in [5.74, 6) is 0.226. The number of pyridine rings is 1. The smallest absolute Gasteiger partial charge is 0.339 e. The summed E-state index contributed by atoms with van der Waals surface area (Å²) in [6.45, 7) is 2.14. The lowest BCUT2D eigenvalue weighted by atomic mass is 10.2. The van der Waals surface area contributed by atoms with Gasteiger partial charge in [-0.3, -0.25) is 0 Å². The molecule has 2 aromatic heterocycles. The first-order chi connectivity index (χ1) is 9.06. The highest BCUT2D eigenvalue weighted by Crippen LogP contribution is 2.15. The van der Waals surface area contributed by atoms with Crippen molar-refractivity contribution >= 4 is 17.5 Å². The third kappa shape index (κ3) is 3.18. The monoisotopic (exact) mass is 263 g/mol. The highest BCUT2D eigenvalue weighted by molar-refractivity contribution is 5.94. The Balaban J connectivity index is 2.01. The molecule has 2 aromatic rings. The molecule has 8 nitrogen and oxygen atoms in total. The fourth-order valence-electron chi connectivity index (χ4n) is 1.52. The number of nitrogens with one attached hydrogen (secondary N) is 1. The molecule has 100 valence electrons. The third-order valence-corrected chi connectivity index (χ3v) is 2.35. The van der Waals surface area contributed by atoms with Gasteiger partial charge in [0.2, 0.25) is 5.89 Å². The quantitative estimate of drug-likeness (QED) is 0.719. The molecule has 0 aliphatic carbocycles. The molecular weight excluding hydrogens is 250 g/mol. The van der Waals surface area contributed by atoms with Crippen molar-refractivity contribution in [2.24, 2.45) is 0 Å². The molecule has 0 aliphatic rings. The molecule has 0 amide bonds. The van der Waals surface area contributed by atoms with Gasteiger partial charge in [0.05, 0.1) is 11.9 Å². The molecule has 0 radical (unpaired) electrons. The van der Waals surface area contributed by atoms with Gasteiger partial charge in [-0.15, -0.1) is 0 Å². The number of hydrogen-bond acceptors (Lipinski definition) is 7. The van der Waals surface area contributed by atoms with Crippen LogP contribution in [0, 0.1) is 6.92 Å². The van der Waals surface area contributed by atoms with Crippen molar-refractivity contribution in [2.75, 3.05) is 17.6 Å². The number of carbonyl (C=O) groups is 1. The van der Waals surface area contributed by atoms with Crippen LogP contribution in [-0.2, 0) is 6.42 Å². The van der Waals surface area contributed by atoms with E-state index in [1.54, 1.807) is 6.92 Å². The van der Waals surface area contributed by atoms with Crippen LogP contribution < -0.4 is 11.1 Å². The van der Waals surface area contributed by atoms with Gasteiger partial charge in [0.25, 0.3) is 0 Å². The minimum Gasteiger partial charge on any atom is -0.478 e. The van der Waals surface area contributed by atoms with E-state index in [4.69, 9.17) is 15.4 Å². The molecule has 0 bridgehead atoms. The van der Waals surface area contributed by atoms with E-state index in [-0.39, 0.29) is 11.4 Å². The number of rotatable bonds is 5. The summed E-state index contributed by atoms with van der Waals surface area (Å²) >= 11 is 0. The first-order valence-electron chi connectivity index (χ1n) is 5.58. The van der Waals surface area contributed by atoms with Gasteiger partial charge < -0.3 is 20.7 Å². The van der Waals surface area contributed by atoms with Crippen LogP contribution in [-0.4, -0.2) is 32.7 Å². The lowest BCUT2D eigenvalue weighted by Crippen LogP contribution is -2.12. The van der Waals surface area contributed by atoms with Crippen molar-refractivity contribution in [3.05, 3.63) is 29.5 Å². The lowest BCUT2D eigenvalue weighted by Gasteiger charge is -2.07. The molecule has 0 fully saturated rings. The van der Waals surface area contributed by atoms with E-state index in [2.05, 4.69) is 20.4 Å². The number of carboxylic acids is 1. The van der Waals surface area contributed by atoms with Crippen molar-refractivity contribution in [2.45, 2.75) is 13.3 Å². The molecule has 0 unspecified atom stereocenters. The highest BCUT2D eigenvalue weighted by Gasteiger charge is 2.12. The van der Waals surface area contributed by atoms with E-state index in [0.29, 0.717) is 30.4 Å². The molecule has 19 heavy (non-hydrogen) atoms. The van der Waals surface area contributed by atoms with E-state index in [0.717, 1.165) is 0 Å². The fraction of sp³-hybridized carbons (Fsp3) is 0.273. The molecule has 2 heterocycles. The van der Waals surface area contributed by atoms with Crippen LogP contribution >= 0.6 is 0 Å². The minimum absolute atomic E-state index is 0.0318. The number of carboxylic acid groups (broad SMARTS) is 1. The molecule has 4 N–H and O–H groups in total. The van der Waals surface area contributed by atoms with Crippen LogP contribution in [0.25, 0.3) is 0 Å². The Hall–Kier alpha value is -2.64. The zero-order valence-electron chi connectivity index (χ0n) is 10.3. The van der Waals surface area contributed by atoms with Gasteiger partial charge in [0, 0.05) is 19.9 Å². The molecule has 0 atom stereocenters. The zero-order valence-corrected chi connectivity index (χ0v) is 10.3. The topological polar surface area (TPSA) is 127 Å². The van der Waals surface area contributed by atoms with Crippen molar-refractivity contribution in [1.82, 2.24) is 15.1 Å². The van der Waals surface area contributed by atoms with Gasteiger partial charge in [0.1, 0.15) is 11.4 Å². The number of nitrogens with two attached hydrogens (primary N) is 1.